The molecule has 1 saturated heterocycles. The molecule has 1 aromatic rings. The van der Waals surface area contributed by atoms with Gasteiger partial charge in [0.2, 0.25) is 0 Å². The summed E-state index contributed by atoms with van der Waals surface area (Å²) in [5, 5.41) is 6.17. The van der Waals surface area contributed by atoms with Gasteiger partial charge in [0.15, 0.2) is 5.43 Å². The predicted octanol–water partition coefficient (Wildman–Crippen LogP) is 0.423. The quantitative estimate of drug-likeness (QED) is 0.831. The van der Waals surface area contributed by atoms with Crippen LogP contribution in [0.1, 0.15) is 28.9 Å². The first-order chi connectivity index (χ1) is 9.08. The number of pyridine rings is 1. The van der Waals surface area contributed by atoms with Crippen molar-refractivity contribution in [1.29, 1.82) is 0 Å². The number of carbonyl (C=O) groups is 1. The van der Waals surface area contributed by atoms with Crippen LogP contribution in [0.4, 0.5) is 0 Å². The lowest BCUT2D eigenvalue weighted by Crippen LogP contribution is -2.37. The zero-order chi connectivity index (χ0) is 13.8. The molecule has 0 aliphatic carbocycles. The van der Waals surface area contributed by atoms with E-state index in [0.717, 1.165) is 31.6 Å². The maximum Gasteiger partial charge on any atom is 0.256 e. The second-order valence-corrected chi connectivity index (χ2v) is 5.21. The van der Waals surface area contributed by atoms with Crippen LogP contribution in [0.2, 0.25) is 0 Å². The Morgan fingerprint density at radius 3 is 2.84 bits per heavy atom. The summed E-state index contributed by atoms with van der Waals surface area (Å²) in [6, 6.07) is 1.50. The number of aromatic nitrogens is 1. The number of piperidine rings is 1. The number of nitrogens with zero attached hydrogens (tertiary/aromatic N) is 1. The van der Waals surface area contributed by atoms with Gasteiger partial charge in [0.1, 0.15) is 5.56 Å². The number of hydrogen-bond donors (Lipinski definition) is 2. The van der Waals surface area contributed by atoms with Gasteiger partial charge < -0.3 is 15.2 Å². The van der Waals surface area contributed by atoms with Crippen molar-refractivity contribution in [3.8, 4) is 0 Å². The van der Waals surface area contributed by atoms with Gasteiger partial charge in [-0.25, -0.2) is 0 Å². The lowest BCUT2D eigenvalue weighted by atomic mass is 9.98. The Kier molecular flexibility index (Phi) is 4.37. The van der Waals surface area contributed by atoms with E-state index in [1.165, 1.54) is 6.07 Å². The summed E-state index contributed by atoms with van der Waals surface area (Å²) in [6.07, 6.45) is 3.76. The molecule has 1 amide bonds. The maximum atomic E-state index is 12.0. The number of hydrogen-bond acceptors (Lipinski definition) is 3. The van der Waals surface area contributed by atoms with Crippen LogP contribution >= 0.6 is 0 Å². The van der Waals surface area contributed by atoms with E-state index in [0.29, 0.717) is 12.5 Å². The first-order valence-corrected chi connectivity index (χ1v) is 6.74. The lowest BCUT2D eigenvalue weighted by Gasteiger charge is -2.22. The van der Waals surface area contributed by atoms with Gasteiger partial charge >= 0.3 is 0 Å². The molecule has 104 valence electrons. The van der Waals surface area contributed by atoms with Gasteiger partial charge in [0, 0.05) is 31.5 Å². The van der Waals surface area contributed by atoms with Crippen LogP contribution in [0.5, 0.6) is 0 Å². The van der Waals surface area contributed by atoms with Crippen LogP contribution in [-0.4, -0.2) is 30.1 Å². The fraction of sp³-hybridized carbons (Fsp3) is 0.571. The molecular weight excluding hydrogens is 242 g/mol. The number of aryl methyl sites for hydroxylation is 2. The van der Waals surface area contributed by atoms with E-state index in [-0.39, 0.29) is 16.9 Å². The van der Waals surface area contributed by atoms with Gasteiger partial charge in [-0.1, -0.05) is 0 Å². The van der Waals surface area contributed by atoms with Gasteiger partial charge in [0.05, 0.1) is 0 Å². The summed E-state index contributed by atoms with van der Waals surface area (Å²) in [6.45, 7) is 4.51. The summed E-state index contributed by atoms with van der Waals surface area (Å²) < 4.78 is 1.79. The van der Waals surface area contributed by atoms with Crippen LogP contribution < -0.4 is 16.1 Å². The smallest absolute Gasteiger partial charge is 0.256 e. The molecule has 5 heteroatoms. The van der Waals surface area contributed by atoms with E-state index >= 15 is 0 Å². The average Bonchev–Trinajstić information content (AvgIpc) is 2.41. The first-order valence-electron chi connectivity index (χ1n) is 6.74. The second kappa shape index (κ2) is 6.02. The van der Waals surface area contributed by atoms with Gasteiger partial charge in [-0.2, -0.15) is 0 Å². The molecule has 0 radical (unpaired) electrons. The highest BCUT2D eigenvalue weighted by molar-refractivity contribution is 5.93. The predicted molar refractivity (Wildman–Crippen MR) is 74.3 cm³/mol. The number of nitrogens with one attached hydrogen (secondary N) is 2. The minimum Gasteiger partial charge on any atom is -0.354 e. The largest absolute Gasteiger partial charge is 0.354 e. The van der Waals surface area contributed by atoms with Crippen molar-refractivity contribution in [3.05, 3.63) is 33.7 Å². The molecule has 1 fully saturated rings. The van der Waals surface area contributed by atoms with Crippen LogP contribution in [-0.2, 0) is 7.05 Å². The highest BCUT2D eigenvalue weighted by Crippen LogP contribution is 2.10. The van der Waals surface area contributed by atoms with Crippen LogP contribution in [0.15, 0.2) is 17.1 Å². The Morgan fingerprint density at radius 2 is 2.16 bits per heavy atom. The molecule has 2 rings (SSSR count). The molecule has 0 spiro atoms. The minimum absolute atomic E-state index is 0.210. The minimum atomic E-state index is -0.265. The summed E-state index contributed by atoms with van der Waals surface area (Å²) in [7, 11) is 1.83. The average molecular weight is 263 g/mol. The van der Waals surface area contributed by atoms with Crippen molar-refractivity contribution in [2.45, 2.75) is 19.8 Å². The zero-order valence-corrected chi connectivity index (χ0v) is 11.5. The molecule has 2 heterocycles. The molecule has 1 aromatic heterocycles. The van der Waals surface area contributed by atoms with Crippen LogP contribution in [0.3, 0.4) is 0 Å². The summed E-state index contributed by atoms with van der Waals surface area (Å²) in [5.41, 5.74) is 0.861. The summed E-state index contributed by atoms with van der Waals surface area (Å²) >= 11 is 0. The third-order valence-electron chi connectivity index (χ3n) is 3.74. The molecule has 0 bridgehead atoms. The first kappa shape index (κ1) is 13.8. The third kappa shape index (κ3) is 3.44. The Bertz CT molecular complexity index is 516. The van der Waals surface area contributed by atoms with Crippen molar-refractivity contribution >= 4 is 5.91 Å². The van der Waals surface area contributed by atoms with Crippen molar-refractivity contribution in [2.75, 3.05) is 19.6 Å². The van der Waals surface area contributed by atoms with E-state index in [9.17, 15) is 9.59 Å². The molecule has 1 aliphatic heterocycles. The van der Waals surface area contributed by atoms with Gasteiger partial charge in [0.25, 0.3) is 5.91 Å². The summed E-state index contributed by atoms with van der Waals surface area (Å²) in [4.78, 5) is 23.8. The van der Waals surface area contributed by atoms with E-state index in [1.54, 1.807) is 10.8 Å². The molecule has 0 aromatic carbocycles. The van der Waals surface area contributed by atoms with Crippen molar-refractivity contribution < 1.29 is 4.79 Å². The molecule has 0 atom stereocenters. The standard InChI is InChI=1S/C14H21N3O2/c1-10-7-13(18)12(9-17(10)2)14(19)16-8-11-3-5-15-6-4-11/h7,9,11,15H,3-6,8H2,1-2H3,(H,16,19). The fourth-order valence-electron chi connectivity index (χ4n) is 2.32. The highest BCUT2D eigenvalue weighted by Gasteiger charge is 2.16. The van der Waals surface area contributed by atoms with Crippen LogP contribution in [0, 0.1) is 12.8 Å². The van der Waals surface area contributed by atoms with Crippen LogP contribution in [0.25, 0.3) is 0 Å². The van der Waals surface area contributed by atoms with Crippen molar-refractivity contribution in [3.63, 3.8) is 0 Å². The normalized spacial score (nSPS) is 16.3. The monoisotopic (exact) mass is 263 g/mol. The van der Waals surface area contributed by atoms with Gasteiger partial charge in [-0.15, -0.1) is 0 Å². The molecular formula is C14H21N3O2. The number of rotatable bonds is 3. The summed E-state index contributed by atoms with van der Waals surface area (Å²) in [5.74, 6) is 0.249. The Balaban J connectivity index is 1.99. The fourth-order valence-corrected chi connectivity index (χ4v) is 2.32. The maximum absolute atomic E-state index is 12.0. The Hall–Kier alpha value is -1.62. The number of carbonyl (C=O) groups excluding carboxylic acids is 1. The zero-order valence-electron chi connectivity index (χ0n) is 11.5. The molecule has 2 N–H and O–H groups in total. The SMILES string of the molecule is Cc1cc(=O)c(C(=O)NCC2CCNCC2)cn1C. The molecule has 19 heavy (non-hydrogen) atoms. The molecule has 0 saturated carbocycles. The van der Waals surface area contributed by atoms with Gasteiger partial charge in [-0.05, 0) is 38.8 Å². The van der Waals surface area contributed by atoms with E-state index in [2.05, 4.69) is 10.6 Å². The molecule has 0 unspecified atom stereocenters. The Labute approximate surface area is 113 Å². The van der Waals surface area contributed by atoms with Crippen molar-refractivity contribution in [2.24, 2.45) is 13.0 Å². The molecule has 5 nitrogen and oxygen atoms in total. The van der Waals surface area contributed by atoms with Crippen molar-refractivity contribution in [1.82, 2.24) is 15.2 Å². The second-order valence-electron chi connectivity index (χ2n) is 5.21. The van der Waals surface area contributed by atoms with E-state index < -0.39 is 0 Å². The number of amides is 1. The lowest BCUT2D eigenvalue weighted by molar-refractivity contribution is 0.0942. The van der Waals surface area contributed by atoms with Gasteiger partial charge in [-0.3, -0.25) is 9.59 Å². The topological polar surface area (TPSA) is 63.1 Å². The van der Waals surface area contributed by atoms with E-state index in [1.807, 2.05) is 14.0 Å². The third-order valence-corrected chi connectivity index (χ3v) is 3.74. The highest BCUT2D eigenvalue weighted by atomic mass is 16.2. The molecule has 1 aliphatic rings. The Morgan fingerprint density at radius 1 is 1.47 bits per heavy atom. The van der Waals surface area contributed by atoms with E-state index in [4.69, 9.17) is 0 Å².